The van der Waals surface area contributed by atoms with Crippen molar-refractivity contribution in [3.63, 3.8) is 0 Å². The van der Waals surface area contributed by atoms with Crippen LogP contribution in [0.25, 0.3) is 97.1 Å². The maximum atomic E-state index is 2.52. The van der Waals surface area contributed by atoms with Gasteiger partial charge in [0.25, 0.3) is 0 Å². The highest BCUT2D eigenvalue weighted by Crippen LogP contribution is 2.42. The molecule has 3 aromatic heterocycles. The van der Waals surface area contributed by atoms with Gasteiger partial charge in [0.15, 0.2) is 8.07 Å². The molecule has 5 heteroatoms. The van der Waals surface area contributed by atoms with E-state index in [1.54, 1.807) is 0 Å². The second-order valence-corrected chi connectivity index (χ2v) is 24.2. The molecule has 0 fully saturated rings. The van der Waals surface area contributed by atoms with Crippen LogP contribution in [0.2, 0.25) is 0 Å². The molecule has 11 aromatic carbocycles. The van der Waals surface area contributed by atoms with Crippen molar-refractivity contribution in [2.24, 2.45) is 0 Å². The molecule has 1 aliphatic rings. The highest BCUT2D eigenvalue weighted by Gasteiger charge is 2.48. The van der Waals surface area contributed by atoms with Crippen LogP contribution in [0.1, 0.15) is 0 Å². The highest BCUT2D eigenvalue weighted by molar-refractivity contribution is 8.00. The van der Waals surface area contributed by atoms with Gasteiger partial charge in [0.1, 0.15) is 0 Å². The van der Waals surface area contributed by atoms with Crippen LogP contribution >= 0.6 is 23.1 Å². The standard InChI is InChI=1S/C64H40N2S2Si/c1-6-24-52-47(16-1)48-17-2-7-25-53(48)65(52)42-35-37-43(38-36-42)69(63-33-15-31-59-64(63)51-20-5-10-29-57(51)67-59)61-32-12-11-30-58(61)68-60-40-41(34-39-62(60)69)44-21-13-23-46-45(44)22-14-28-56(46)66-54-26-8-3-18-49(54)50-19-4-9-27-55(50)66/h1-40H. The zero-order valence-electron chi connectivity index (χ0n) is 37.3. The maximum absolute atomic E-state index is 3.04. The van der Waals surface area contributed by atoms with E-state index in [4.69, 9.17) is 0 Å². The van der Waals surface area contributed by atoms with Crippen LogP contribution in [-0.2, 0) is 0 Å². The van der Waals surface area contributed by atoms with E-state index < -0.39 is 8.07 Å². The van der Waals surface area contributed by atoms with Crippen LogP contribution < -0.4 is 20.7 Å². The van der Waals surface area contributed by atoms with Gasteiger partial charge in [0, 0.05) is 62.6 Å². The van der Waals surface area contributed by atoms with Gasteiger partial charge in [0.05, 0.1) is 27.8 Å². The number of nitrogens with zero attached hydrogens (tertiary/aromatic N) is 2. The molecule has 1 aliphatic heterocycles. The summed E-state index contributed by atoms with van der Waals surface area (Å²) >= 11 is 3.85. The van der Waals surface area contributed by atoms with Gasteiger partial charge in [-0.15, -0.1) is 11.3 Å². The minimum absolute atomic E-state index is 1.17. The van der Waals surface area contributed by atoms with Gasteiger partial charge in [-0.2, -0.15) is 0 Å². The Bertz CT molecular complexity index is 4320. The van der Waals surface area contributed by atoms with Crippen molar-refractivity contribution >= 4 is 126 Å². The second kappa shape index (κ2) is 15.0. The fourth-order valence-corrected chi connectivity index (χ4v) is 20.4. The van der Waals surface area contributed by atoms with E-state index in [0.29, 0.717) is 0 Å². The van der Waals surface area contributed by atoms with Gasteiger partial charge in [-0.1, -0.05) is 188 Å². The van der Waals surface area contributed by atoms with Crippen LogP contribution in [0, 0.1) is 0 Å². The summed E-state index contributed by atoms with van der Waals surface area (Å²) in [5.74, 6) is 0. The summed E-state index contributed by atoms with van der Waals surface area (Å²) in [6, 6.07) is 91.6. The predicted molar refractivity (Wildman–Crippen MR) is 299 cm³/mol. The van der Waals surface area contributed by atoms with Crippen molar-refractivity contribution in [3.8, 4) is 22.5 Å². The first kappa shape index (κ1) is 39.1. The number of rotatable bonds is 5. The van der Waals surface area contributed by atoms with E-state index in [1.807, 2.05) is 23.1 Å². The number of hydrogen-bond donors (Lipinski definition) is 0. The molecule has 1 atom stereocenters. The lowest BCUT2D eigenvalue weighted by atomic mass is 9.97. The second-order valence-electron chi connectivity index (χ2n) is 18.3. The van der Waals surface area contributed by atoms with Crippen LogP contribution in [0.3, 0.4) is 0 Å². The molecule has 15 rings (SSSR count). The third-order valence-corrected chi connectivity index (χ3v) is 22.4. The smallest absolute Gasteiger partial charge is 0.182 e. The Hall–Kier alpha value is -7.93. The molecule has 0 N–H and O–H groups in total. The quantitative estimate of drug-likeness (QED) is 0.156. The summed E-state index contributed by atoms with van der Waals surface area (Å²) in [6.07, 6.45) is 0. The number of benzene rings is 11. The number of hydrogen-bond acceptors (Lipinski definition) is 2. The van der Waals surface area contributed by atoms with Gasteiger partial charge in [-0.3, -0.25) is 0 Å². The minimum Gasteiger partial charge on any atom is -0.309 e. The van der Waals surface area contributed by atoms with Gasteiger partial charge in [0.2, 0.25) is 0 Å². The molecule has 69 heavy (non-hydrogen) atoms. The number of thiophene rings is 1. The Balaban J connectivity index is 0.976. The lowest BCUT2D eigenvalue weighted by molar-refractivity contribution is 1.18. The molecular formula is C64H40N2S2Si. The third kappa shape index (κ3) is 5.55. The molecule has 0 saturated heterocycles. The third-order valence-electron chi connectivity index (χ3n) is 14.9. The van der Waals surface area contributed by atoms with Crippen molar-refractivity contribution in [3.05, 3.63) is 243 Å². The molecule has 1 unspecified atom stereocenters. The summed E-state index contributed by atoms with van der Waals surface area (Å²) < 4.78 is 7.57. The number of fused-ring (bicyclic) bond motifs is 12. The molecule has 14 aromatic rings. The Morgan fingerprint density at radius 2 is 0.855 bits per heavy atom. The fourth-order valence-electron chi connectivity index (χ4n) is 12.0. The summed E-state index contributed by atoms with van der Waals surface area (Å²) in [5.41, 5.74) is 9.73. The molecule has 0 bridgehead atoms. The van der Waals surface area contributed by atoms with Crippen molar-refractivity contribution in [2.75, 3.05) is 0 Å². The zero-order valence-corrected chi connectivity index (χ0v) is 39.9. The summed E-state index contributed by atoms with van der Waals surface area (Å²) in [4.78, 5) is 2.67. The van der Waals surface area contributed by atoms with Crippen LogP contribution in [0.5, 0.6) is 0 Å². The molecule has 322 valence electrons. The Labute approximate surface area is 408 Å². The molecule has 0 amide bonds. The van der Waals surface area contributed by atoms with E-state index in [9.17, 15) is 0 Å². The molecule has 0 saturated carbocycles. The SMILES string of the molecule is c1ccc2c(c1)Sc1cc(-c3cccc4c(-n5c6ccccc6c6ccccc65)cccc34)ccc1[Si]2(c1ccc(-n2c3ccccc3c3ccccc32)cc1)c1cccc2sc3ccccc3c12. The normalized spacial score (nSPS) is 14.7. The van der Waals surface area contributed by atoms with Crippen molar-refractivity contribution in [1.82, 2.24) is 9.13 Å². The van der Waals surface area contributed by atoms with Crippen LogP contribution in [0.4, 0.5) is 0 Å². The van der Waals surface area contributed by atoms with Gasteiger partial charge < -0.3 is 9.13 Å². The fraction of sp³-hybridized carbons (Fsp3) is 0. The number of para-hydroxylation sites is 4. The van der Waals surface area contributed by atoms with Crippen LogP contribution in [-0.4, -0.2) is 17.2 Å². The first-order chi connectivity index (χ1) is 34.2. The monoisotopic (exact) mass is 928 g/mol. The van der Waals surface area contributed by atoms with E-state index in [2.05, 4.69) is 252 Å². The average Bonchev–Trinajstić information content (AvgIpc) is 4.08. The van der Waals surface area contributed by atoms with Crippen molar-refractivity contribution in [2.45, 2.75) is 9.79 Å². The molecule has 4 heterocycles. The zero-order chi connectivity index (χ0) is 45.2. The summed E-state index contributed by atoms with van der Waals surface area (Å²) in [5, 5.41) is 16.0. The van der Waals surface area contributed by atoms with E-state index in [1.165, 1.54) is 128 Å². The first-order valence-electron chi connectivity index (χ1n) is 23.7. The Morgan fingerprint density at radius 1 is 0.333 bits per heavy atom. The highest BCUT2D eigenvalue weighted by atomic mass is 32.2. The lowest BCUT2D eigenvalue weighted by Crippen LogP contribution is -2.76. The summed E-state index contributed by atoms with van der Waals surface area (Å²) in [6.45, 7) is 0. The Kier molecular flexibility index (Phi) is 8.52. The lowest BCUT2D eigenvalue weighted by Gasteiger charge is -2.40. The van der Waals surface area contributed by atoms with Gasteiger partial charge in [-0.25, -0.2) is 0 Å². The van der Waals surface area contributed by atoms with Crippen LogP contribution in [0.15, 0.2) is 252 Å². The van der Waals surface area contributed by atoms with Crippen molar-refractivity contribution < 1.29 is 0 Å². The largest absolute Gasteiger partial charge is 0.309 e. The van der Waals surface area contributed by atoms with E-state index in [0.717, 1.165) is 0 Å². The van der Waals surface area contributed by atoms with E-state index in [-0.39, 0.29) is 0 Å². The summed E-state index contributed by atoms with van der Waals surface area (Å²) in [7, 11) is -3.04. The number of aromatic nitrogens is 2. The van der Waals surface area contributed by atoms with Gasteiger partial charge in [-0.05, 0) is 104 Å². The topological polar surface area (TPSA) is 9.86 Å². The minimum atomic E-state index is -3.04. The van der Waals surface area contributed by atoms with Gasteiger partial charge >= 0.3 is 0 Å². The molecule has 0 radical (unpaired) electrons. The van der Waals surface area contributed by atoms with E-state index >= 15 is 0 Å². The molecule has 0 spiro atoms. The first-order valence-corrected chi connectivity index (χ1v) is 27.3. The Morgan fingerprint density at radius 3 is 1.57 bits per heavy atom. The van der Waals surface area contributed by atoms with Crippen molar-refractivity contribution in [1.29, 1.82) is 0 Å². The molecule has 0 aliphatic carbocycles. The maximum Gasteiger partial charge on any atom is 0.182 e. The molecule has 2 nitrogen and oxygen atoms in total. The average molecular weight is 929 g/mol. The predicted octanol–water partition coefficient (Wildman–Crippen LogP) is 14.9. The molecular weight excluding hydrogens is 889 g/mol.